The number of benzene rings is 1. The molecular weight excluding hydrogens is 214 g/mol. The Hall–Kier alpha value is -1.06. The zero-order valence-electron chi connectivity index (χ0n) is 10.6. The molecule has 1 rings (SSSR count). The number of hydrogen-bond acceptors (Lipinski definition) is 3. The molecule has 0 aromatic heterocycles. The third-order valence-corrected chi connectivity index (χ3v) is 2.56. The first-order chi connectivity index (χ1) is 8.38. The van der Waals surface area contributed by atoms with Crippen LogP contribution in [0.3, 0.4) is 0 Å². The largest absolute Gasteiger partial charge is 0.493 e. The summed E-state index contributed by atoms with van der Waals surface area (Å²) in [6, 6.07) is 8.11. The number of hydrogen-bond donors (Lipinski definition) is 2. The summed E-state index contributed by atoms with van der Waals surface area (Å²) in [4.78, 5) is 0. The quantitative estimate of drug-likeness (QED) is 0.648. The zero-order chi connectivity index (χ0) is 12.3. The van der Waals surface area contributed by atoms with Crippen molar-refractivity contribution in [1.29, 1.82) is 0 Å². The predicted octanol–water partition coefficient (Wildman–Crippen LogP) is 2.34. The molecule has 1 aromatic carbocycles. The van der Waals surface area contributed by atoms with E-state index < -0.39 is 0 Å². The van der Waals surface area contributed by atoms with Gasteiger partial charge in [0, 0.05) is 18.7 Å². The molecule has 0 saturated heterocycles. The smallest absolute Gasteiger partial charge is 0.123 e. The van der Waals surface area contributed by atoms with Crippen LogP contribution in [0.5, 0.6) is 5.75 Å². The Kier molecular flexibility index (Phi) is 7.43. The Labute approximate surface area is 104 Å². The van der Waals surface area contributed by atoms with Crippen molar-refractivity contribution >= 4 is 0 Å². The fraction of sp³-hybridized carbons (Fsp3) is 0.571. The molecule has 0 amide bonds. The lowest BCUT2D eigenvalue weighted by atomic mass is 10.2. The molecule has 96 valence electrons. The summed E-state index contributed by atoms with van der Waals surface area (Å²) in [5, 5.41) is 12.0. The topological polar surface area (TPSA) is 41.5 Å². The van der Waals surface area contributed by atoms with Crippen molar-refractivity contribution in [3.63, 3.8) is 0 Å². The molecule has 0 bridgehead atoms. The van der Waals surface area contributed by atoms with Gasteiger partial charge in [0.25, 0.3) is 0 Å². The van der Waals surface area contributed by atoms with Crippen LogP contribution >= 0.6 is 0 Å². The van der Waals surface area contributed by atoms with Gasteiger partial charge in [-0.1, -0.05) is 31.5 Å². The Balaban J connectivity index is 2.40. The molecule has 0 aliphatic carbocycles. The first-order valence-electron chi connectivity index (χ1n) is 6.40. The molecule has 0 aliphatic rings. The van der Waals surface area contributed by atoms with Gasteiger partial charge in [-0.2, -0.15) is 0 Å². The zero-order valence-corrected chi connectivity index (χ0v) is 10.6. The molecule has 0 atom stereocenters. The van der Waals surface area contributed by atoms with Gasteiger partial charge in [0.1, 0.15) is 5.75 Å². The van der Waals surface area contributed by atoms with Crippen molar-refractivity contribution in [2.45, 2.75) is 32.7 Å². The molecule has 3 heteroatoms. The molecule has 3 nitrogen and oxygen atoms in total. The Morgan fingerprint density at radius 3 is 2.82 bits per heavy atom. The summed E-state index contributed by atoms with van der Waals surface area (Å²) in [5.41, 5.74) is 1.18. The van der Waals surface area contributed by atoms with Gasteiger partial charge in [-0.3, -0.25) is 0 Å². The van der Waals surface area contributed by atoms with Crippen LogP contribution in [0.1, 0.15) is 31.7 Å². The van der Waals surface area contributed by atoms with Crippen LogP contribution < -0.4 is 10.1 Å². The second-order valence-corrected chi connectivity index (χ2v) is 4.06. The van der Waals surface area contributed by atoms with Gasteiger partial charge >= 0.3 is 0 Å². The van der Waals surface area contributed by atoms with E-state index >= 15 is 0 Å². The third-order valence-electron chi connectivity index (χ3n) is 2.56. The average Bonchev–Trinajstić information content (AvgIpc) is 2.36. The minimum absolute atomic E-state index is 0.238. The monoisotopic (exact) mass is 237 g/mol. The van der Waals surface area contributed by atoms with Crippen LogP contribution in [0.2, 0.25) is 0 Å². The summed E-state index contributed by atoms with van der Waals surface area (Å²) in [7, 11) is 0. The molecule has 1 aromatic rings. The Morgan fingerprint density at radius 2 is 2.06 bits per heavy atom. The molecule has 0 unspecified atom stereocenters. The standard InChI is InChI=1S/C14H23NO2/c1-2-3-11-17-14-8-5-4-7-13(14)12-15-9-6-10-16/h4-5,7-8,15-16H,2-3,6,9-12H2,1H3. The number of ether oxygens (including phenoxy) is 1. The van der Waals surface area contributed by atoms with Gasteiger partial charge in [0.15, 0.2) is 0 Å². The highest BCUT2D eigenvalue weighted by molar-refractivity contribution is 5.33. The summed E-state index contributed by atoms with van der Waals surface area (Å²) < 4.78 is 5.75. The molecule has 0 spiro atoms. The first-order valence-corrected chi connectivity index (χ1v) is 6.40. The minimum Gasteiger partial charge on any atom is -0.493 e. The molecule has 0 saturated carbocycles. The number of aliphatic hydroxyl groups excluding tert-OH is 1. The molecule has 0 heterocycles. The van der Waals surface area contributed by atoms with E-state index in [0.29, 0.717) is 0 Å². The minimum atomic E-state index is 0.238. The van der Waals surface area contributed by atoms with Gasteiger partial charge < -0.3 is 15.2 Å². The van der Waals surface area contributed by atoms with Gasteiger partial charge in [-0.05, 0) is 25.5 Å². The highest BCUT2D eigenvalue weighted by Crippen LogP contribution is 2.17. The number of para-hydroxylation sites is 1. The highest BCUT2D eigenvalue weighted by atomic mass is 16.5. The van der Waals surface area contributed by atoms with E-state index in [-0.39, 0.29) is 6.61 Å². The van der Waals surface area contributed by atoms with Gasteiger partial charge in [-0.25, -0.2) is 0 Å². The lowest BCUT2D eigenvalue weighted by molar-refractivity contribution is 0.285. The van der Waals surface area contributed by atoms with Crippen molar-refractivity contribution in [1.82, 2.24) is 5.32 Å². The maximum Gasteiger partial charge on any atom is 0.123 e. The third kappa shape index (κ3) is 5.71. The first kappa shape index (κ1) is 14.0. The van der Waals surface area contributed by atoms with E-state index in [1.807, 2.05) is 18.2 Å². The van der Waals surface area contributed by atoms with Gasteiger partial charge in [0.05, 0.1) is 6.61 Å². The highest BCUT2D eigenvalue weighted by Gasteiger charge is 2.01. The van der Waals surface area contributed by atoms with E-state index in [2.05, 4.69) is 18.3 Å². The van der Waals surface area contributed by atoms with Gasteiger partial charge in [0.2, 0.25) is 0 Å². The van der Waals surface area contributed by atoms with Crippen LogP contribution in [0, 0.1) is 0 Å². The van der Waals surface area contributed by atoms with Crippen LogP contribution in [0.15, 0.2) is 24.3 Å². The van der Waals surface area contributed by atoms with Crippen LogP contribution in [-0.4, -0.2) is 24.9 Å². The number of aliphatic hydroxyl groups is 1. The van der Waals surface area contributed by atoms with E-state index in [1.165, 1.54) is 5.56 Å². The van der Waals surface area contributed by atoms with Crippen molar-refractivity contribution in [3.05, 3.63) is 29.8 Å². The molecular formula is C14H23NO2. The van der Waals surface area contributed by atoms with Crippen molar-refractivity contribution in [2.75, 3.05) is 19.8 Å². The fourth-order valence-corrected chi connectivity index (χ4v) is 1.54. The molecule has 2 N–H and O–H groups in total. The summed E-state index contributed by atoms with van der Waals surface area (Å²) >= 11 is 0. The summed E-state index contributed by atoms with van der Waals surface area (Å²) in [5.74, 6) is 0.970. The van der Waals surface area contributed by atoms with Crippen molar-refractivity contribution in [2.24, 2.45) is 0 Å². The predicted molar refractivity (Wildman–Crippen MR) is 70.3 cm³/mol. The van der Waals surface area contributed by atoms with Gasteiger partial charge in [-0.15, -0.1) is 0 Å². The van der Waals surface area contributed by atoms with Crippen LogP contribution in [-0.2, 0) is 6.54 Å². The van der Waals surface area contributed by atoms with E-state index in [1.54, 1.807) is 0 Å². The van der Waals surface area contributed by atoms with Crippen LogP contribution in [0.4, 0.5) is 0 Å². The summed E-state index contributed by atoms with van der Waals surface area (Å²) in [6.07, 6.45) is 3.03. The lowest BCUT2D eigenvalue weighted by Crippen LogP contribution is -2.16. The Bertz CT molecular complexity index is 302. The fourth-order valence-electron chi connectivity index (χ4n) is 1.54. The molecule has 17 heavy (non-hydrogen) atoms. The average molecular weight is 237 g/mol. The second-order valence-electron chi connectivity index (χ2n) is 4.06. The number of nitrogens with one attached hydrogen (secondary N) is 1. The molecule has 0 aliphatic heterocycles. The van der Waals surface area contributed by atoms with E-state index in [0.717, 1.165) is 44.7 Å². The second kappa shape index (κ2) is 9.02. The number of unbranched alkanes of at least 4 members (excludes halogenated alkanes) is 1. The van der Waals surface area contributed by atoms with Crippen molar-refractivity contribution in [3.8, 4) is 5.75 Å². The molecule has 0 fully saturated rings. The SMILES string of the molecule is CCCCOc1ccccc1CNCCCO. The Morgan fingerprint density at radius 1 is 1.24 bits per heavy atom. The summed E-state index contributed by atoms with van der Waals surface area (Å²) in [6.45, 7) is 4.81. The van der Waals surface area contributed by atoms with E-state index in [9.17, 15) is 0 Å². The van der Waals surface area contributed by atoms with E-state index in [4.69, 9.17) is 9.84 Å². The lowest BCUT2D eigenvalue weighted by Gasteiger charge is -2.11. The normalized spacial score (nSPS) is 10.5. The maximum absolute atomic E-state index is 8.70. The van der Waals surface area contributed by atoms with Crippen molar-refractivity contribution < 1.29 is 9.84 Å². The van der Waals surface area contributed by atoms with Crippen LogP contribution in [0.25, 0.3) is 0 Å². The maximum atomic E-state index is 8.70. The number of rotatable bonds is 9. The molecule has 0 radical (unpaired) electrons.